The summed E-state index contributed by atoms with van der Waals surface area (Å²) in [5.41, 5.74) is 2.48. The molecule has 0 aliphatic rings. The quantitative estimate of drug-likeness (QED) is 0.784. The molecule has 0 fully saturated rings. The van der Waals surface area contributed by atoms with Gasteiger partial charge >= 0.3 is 0 Å². The summed E-state index contributed by atoms with van der Waals surface area (Å²) >= 11 is 4.16. The molecular weight excluding hydrogens is 319 g/mol. The molecule has 2 heterocycles. The van der Waals surface area contributed by atoms with Crippen LogP contribution in [0.5, 0.6) is 0 Å². The van der Waals surface area contributed by atoms with Gasteiger partial charge in [0.05, 0.1) is 14.1 Å². The maximum Gasteiger partial charge on any atom is 0.116 e. The van der Waals surface area contributed by atoms with Crippen LogP contribution in [0, 0.1) is 3.57 Å². The Morgan fingerprint density at radius 3 is 2.93 bits per heavy atom. The van der Waals surface area contributed by atoms with Gasteiger partial charge in [-0.15, -0.1) is 11.3 Å². The molecular formula is C11H13IN2S. The predicted molar refractivity (Wildman–Crippen MR) is 73.2 cm³/mol. The van der Waals surface area contributed by atoms with Crippen LogP contribution < -0.4 is 0 Å². The third-order valence-corrected chi connectivity index (χ3v) is 4.35. The zero-order valence-corrected chi connectivity index (χ0v) is 11.8. The van der Waals surface area contributed by atoms with Crippen molar-refractivity contribution < 1.29 is 0 Å². The smallest absolute Gasteiger partial charge is 0.116 e. The third-order valence-electron chi connectivity index (χ3n) is 2.34. The Balaban J connectivity index is 2.46. The molecule has 0 N–H and O–H groups in total. The average Bonchev–Trinajstić information content (AvgIpc) is 2.81. The van der Waals surface area contributed by atoms with Crippen molar-refractivity contribution in [2.75, 3.05) is 0 Å². The molecule has 0 amide bonds. The Bertz CT molecular complexity index is 445. The first-order chi connectivity index (χ1) is 7.24. The van der Waals surface area contributed by atoms with Crippen molar-refractivity contribution in [3.63, 3.8) is 0 Å². The van der Waals surface area contributed by atoms with Crippen molar-refractivity contribution in [1.29, 1.82) is 0 Å². The van der Waals surface area contributed by atoms with Crippen LogP contribution >= 0.6 is 33.9 Å². The number of aryl methyl sites for hydroxylation is 1. The molecule has 0 spiro atoms. The molecule has 80 valence electrons. The van der Waals surface area contributed by atoms with Gasteiger partial charge in [0.2, 0.25) is 0 Å². The minimum Gasteiger partial charge on any atom is -0.271 e. The summed E-state index contributed by atoms with van der Waals surface area (Å²) in [6.07, 6.45) is 2.27. The van der Waals surface area contributed by atoms with Gasteiger partial charge in [-0.3, -0.25) is 4.68 Å². The van der Waals surface area contributed by atoms with Crippen molar-refractivity contribution in [2.24, 2.45) is 7.05 Å². The molecule has 4 heteroatoms. The predicted octanol–water partition coefficient (Wildman–Crippen LogP) is 3.71. The Morgan fingerprint density at radius 1 is 1.53 bits per heavy atom. The summed E-state index contributed by atoms with van der Waals surface area (Å²) in [7, 11) is 2.03. The highest BCUT2D eigenvalue weighted by atomic mass is 127. The van der Waals surface area contributed by atoms with Crippen LogP contribution in [0.25, 0.3) is 10.6 Å². The van der Waals surface area contributed by atoms with Gasteiger partial charge in [-0.1, -0.05) is 19.4 Å². The number of nitrogens with zero attached hydrogens (tertiary/aromatic N) is 2. The van der Waals surface area contributed by atoms with Gasteiger partial charge in [0.25, 0.3) is 0 Å². The maximum atomic E-state index is 4.59. The lowest BCUT2D eigenvalue weighted by Gasteiger charge is -1.98. The van der Waals surface area contributed by atoms with E-state index in [9.17, 15) is 0 Å². The first-order valence-electron chi connectivity index (χ1n) is 4.99. The standard InChI is InChI=1S/C11H13IN2S/c1-3-5-8-10(12)11(13-14(8)2)9-6-4-7-15-9/h4,6-7H,3,5H2,1-2H3. The van der Waals surface area contributed by atoms with Crippen LogP contribution in [-0.2, 0) is 13.5 Å². The lowest BCUT2D eigenvalue weighted by Crippen LogP contribution is -1.98. The molecule has 15 heavy (non-hydrogen) atoms. The van der Waals surface area contributed by atoms with E-state index < -0.39 is 0 Å². The third kappa shape index (κ3) is 2.10. The second kappa shape index (κ2) is 4.65. The molecule has 0 saturated heterocycles. The van der Waals surface area contributed by atoms with Crippen molar-refractivity contribution in [1.82, 2.24) is 9.78 Å². The molecule has 0 bridgehead atoms. The second-order valence-electron chi connectivity index (χ2n) is 3.46. The van der Waals surface area contributed by atoms with Gasteiger partial charge in [0.1, 0.15) is 5.69 Å². The van der Waals surface area contributed by atoms with Crippen molar-refractivity contribution in [3.05, 3.63) is 26.8 Å². The number of hydrogen-bond acceptors (Lipinski definition) is 2. The van der Waals surface area contributed by atoms with E-state index in [2.05, 4.69) is 52.1 Å². The molecule has 2 rings (SSSR count). The van der Waals surface area contributed by atoms with Crippen molar-refractivity contribution in [3.8, 4) is 10.6 Å². The summed E-state index contributed by atoms with van der Waals surface area (Å²) in [5.74, 6) is 0. The van der Waals surface area contributed by atoms with E-state index in [4.69, 9.17) is 0 Å². The summed E-state index contributed by atoms with van der Waals surface area (Å²) in [4.78, 5) is 1.26. The molecule has 0 unspecified atom stereocenters. The largest absolute Gasteiger partial charge is 0.271 e. The van der Waals surface area contributed by atoms with Gasteiger partial charge in [-0.05, 0) is 40.5 Å². The van der Waals surface area contributed by atoms with Crippen LogP contribution in [0.15, 0.2) is 17.5 Å². The fourth-order valence-corrected chi connectivity index (χ4v) is 3.53. The summed E-state index contributed by atoms with van der Waals surface area (Å²) < 4.78 is 3.32. The number of aromatic nitrogens is 2. The number of rotatable bonds is 3. The Hall–Kier alpha value is -0.360. The van der Waals surface area contributed by atoms with E-state index in [0.29, 0.717) is 0 Å². The van der Waals surface area contributed by atoms with Crippen LogP contribution in [0.3, 0.4) is 0 Å². The molecule has 2 nitrogen and oxygen atoms in total. The van der Waals surface area contributed by atoms with E-state index in [1.165, 1.54) is 20.6 Å². The molecule has 0 atom stereocenters. The van der Waals surface area contributed by atoms with E-state index in [0.717, 1.165) is 12.1 Å². The number of halogens is 1. The van der Waals surface area contributed by atoms with Crippen LogP contribution in [0.4, 0.5) is 0 Å². The van der Waals surface area contributed by atoms with Crippen molar-refractivity contribution in [2.45, 2.75) is 19.8 Å². The lowest BCUT2D eigenvalue weighted by atomic mass is 10.2. The van der Waals surface area contributed by atoms with E-state index in [1.807, 2.05) is 11.7 Å². The topological polar surface area (TPSA) is 17.8 Å². The van der Waals surface area contributed by atoms with Crippen LogP contribution in [-0.4, -0.2) is 9.78 Å². The zero-order chi connectivity index (χ0) is 10.8. The fourth-order valence-electron chi connectivity index (χ4n) is 1.61. The number of thiophene rings is 1. The Morgan fingerprint density at radius 2 is 2.33 bits per heavy atom. The van der Waals surface area contributed by atoms with Crippen LogP contribution in [0.2, 0.25) is 0 Å². The van der Waals surface area contributed by atoms with Crippen molar-refractivity contribution >= 4 is 33.9 Å². The minimum atomic E-state index is 1.10. The summed E-state index contributed by atoms with van der Waals surface area (Å²) in [6.45, 7) is 2.20. The monoisotopic (exact) mass is 332 g/mol. The van der Waals surface area contributed by atoms with Gasteiger partial charge in [-0.25, -0.2) is 0 Å². The maximum absolute atomic E-state index is 4.59. The summed E-state index contributed by atoms with van der Waals surface area (Å²) in [6, 6.07) is 4.20. The van der Waals surface area contributed by atoms with Gasteiger partial charge in [0, 0.05) is 7.05 Å². The molecule has 2 aromatic heterocycles. The molecule has 0 aliphatic carbocycles. The molecule has 0 saturated carbocycles. The zero-order valence-electron chi connectivity index (χ0n) is 8.83. The van der Waals surface area contributed by atoms with Crippen LogP contribution in [0.1, 0.15) is 19.0 Å². The SMILES string of the molecule is CCCc1c(I)c(-c2cccs2)nn1C. The van der Waals surface area contributed by atoms with E-state index >= 15 is 0 Å². The first-order valence-corrected chi connectivity index (χ1v) is 6.95. The first kappa shape index (κ1) is 11.1. The minimum absolute atomic E-state index is 1.10. The Labute approximate surface area is 107 Å². The number of hydrogen-bond donors (Lipinski definition) is 0. The van der Waals surface area contributed by atoms with E-state index in [-0.39, 0.29) is 0 Å². The molecule has 0 aromatic carbocycles. The summed E-state index contributed by atoms with van der Waals surface area (Å²) in [5, 5.41) is 6.69. The van der Waals surface area contributed by atoms with E-state index in [1.54, 1.807) is 11.3 Å². The highest BCUT2D eigenvalue weighted by molar-refractivity contribution is 14.1. The fraction of sp³-hybridized carbons (Fsp3) is 0.364. The normalized spacial score (nSPS) is 10.9. The average molecular weight is 332 g/mol. The molecule has 2 aromatic rings. The van der Waals surface area contributed by atoms with Gasteiger partial charge in [-0.2, -0.15) is 5.10 Å². The van der Waals surface area contributed by atoms with Gasteiger partial charge in [0.15, 0.2) is 0 Å². The molecule has 0 radical (unpaired) electrons. The highest BCUT2D eigenvalue weighted by Crippen LogP contribution is 2.30. The highest BCUT2D eigenvalue weighted by Gasteiger charge is 2.14. The van der Waals surface area contributed by atoms with Gasteiger partial charge < -0.3 is 0 Å². The Kier molecular flexibility index (Phi) is 3.45. The lowest BCUT2D eigenvalue weighted by molar-refractivity contribution is 0.698. The second-order valence-corrected chi connectivity index (χ2v) is 5.49. The molecule has 0 aliphatic heterocycles.